The number of anilines is 1. The first-order valence-electron chi connectivity index (χ1n) is 7.45. The number of hydrogen-bond acceptors (Lipinski definition) is 3. The summed E-state index contributed by atoms with van der Waals surface area (Å²) >= 11 is 0. The van der Waals surface area contributed by atoms with E-state index in [4.69, 9.17) is 0 Å². The molecule has 4 nitrogen and oxygen atoms in total. The van der Waals surface area contributed by atoms with Gasteiger partial charge in [0.1, 0.15) is 0 Å². The van der Waals surface area contributed by atoms with Gasteiger partial charge in [0, 0.05) is 17.8 Å². The summed E-state index contributed by atoms with van der Waals surface area (Å²) in [5.74, 6) is 0.155. The van der Waals surface area contributed by atoms with E-state index in [1.807, 2.05) is 23.1 Å². The van der Waals surface area contributed by atoms with Gasteiger partial charge in [-0.05, 0) is 44.4 Å². The first-order chi connectivity index (χ1) is 9.70. The van der Waals surface area contributed by atoms with Crippen LogP contribution in [-0.2, 0) is 11.2 Å². The standard InChI is InChI=1S/C16H22N2O2/c1-12-9-13-5-2-3-7-15(13)18(12)16(20)10-17-8-4-6-14(17)11-19/h2-3,5,7,12,14,19H,4,6,8-11H2,1H3. The van der Waals surface area contributed by atoms with Gasteiger partial charge >= 0.3 is 0 Å². The van der Waals surface area contributed by atoms with Crippen molar-refractivity contribution >= 4 is 11.6 Å². The Morgan fingerprint density at radius 3 is 3.00 bits per heavy atom. The molecule has 1 aromatic carbocycles. The molecule has 0 saturated carbocycles. The number of carbonyl (C=O) groups excluding carboxylic acids is 1. The topological polar surface area (TPSA) is 43.8 Å². The van der Waals surface area contributed by atoms with Crippen LogP contribution in [0.4, 0.5) is 5.69 Å². The average molecular weight is 274 g/mol. The van der Waals surface area contributed by atoms with Gasteiger partial charge in [-0.15, -0.1) is 0 Å². The van der Waals surface area contributed by atoms with Crippen molar-refractivity contribution in [1.82, 2.24) is 4.90 Å². The summed E-state index contributed by atoms with van der Waals surface area (Å²) < 4.78 is 0. The Kier molecular flexibility index (Phi) is 3.76. The zero-order valence-corrected chi connectivity index (χ0v) is 12.0. The fraction of sp³-hybridized carbons (Fsp3) is 0.562. The van der Waals surface area contributed by atoms with Gasteiger partial charge in [-0.1, -0.05) is 18.2 Å². The van der Waals surface area contributed by atoms with Crippen LogP contribution in [0.5, 0.6) is 0 Å². The molecule has 0 aliphatic carbocycles. The lowest BCUT2D eigenvalue weighted by Gasteiger charge is -2.28. The quantitative estimate of drug-likeness (QED) is 0.906. The number of likely N-dealkylation sites (tertiary alicyclic amines) is 1. The van der Waals surface area contributed by atoms with Crippen molar-refractivity contribution in [2.45, 2.75) is 38.3 Å². The summed E-state index contributed by atoms with van der Waals surface area (Å²) in [5.41, 5.74) is 2.32. The van der Waals surface area contributed by atoms with E-state index in [2.05, 4.69) is 17.9 Å². The average Bonchev–Trinajstić information content (AvgIpc) is 3.01. The van der Waals surface area contributed by atoms with Gasteiger partial charge < -0.3 is 10.0 Å². The van der Waals surface area contributed by atoms with Crippen molar-refractivity contribution in [3.63, 3.8) is 0 Å². The van der Waals surface area contributed by atoms with Gasteiger partial charge in [0.2, 0.25) is 5.91 Å². The van der Waals surface area contributed by atoms with Crippen LogP contribution >= 0.6 is 0 Å². The zero-order valence-electron chi connectivity index (χ0n) is 12.0. The minimum absolute atomic E-state index is 0.152. The molecule has 3 rings (SSSR count). The number of aliphatic hydroxyl groups excluding tert-OH is 1. The minimum Gasteiger partial charge on any atom is -0.395 e. The van der Waals surface area contributed by atoms with Crippen molar-refractivity contribution in [2.24, 2.45) is 0 Å². The highest BCUT2D eigenvalue weighted by atomic mass is 16.3. The van der Waals surface area contributed by atoms with E-state index in [0.29, 0.717) is 6.54 Å². The van der Waals surface area contributed by atoms with E-state index >= 15 is 0 Å². The summed E-state index contributed by atoms with van der Waals surface area (Å²) in [7, 11) is 0. The van der Waals surface area contributed by atoms with E-state index in [9.17, 15) is 9.90 Å². The Balaban J connectivity index is 1.74. The van der Waals surface area contributed by atoms with Gasteiger partial charge in [-0.3, -0.25) is 9.69 Å². The van der Waals surface area contributed by atoms with E-state index < -0.39 is 0 Å². The molecule has 1 aromatic rings. The maximum absolute atomic E-state index is 12.6. The fourth-order valence-electron chi connectivity index (χ4n) is 3.51. The molecular formula is C16H22N2O2. The van der Waals surface area contributed by atoms with Crippen molar-refractivity contribution in [1.29, 1.82) is 0 Å². The molecule has 108 valence electrons. The second-order valence-corrected chi connectivity index (χ2v) is 5.89. The number of aliphatic hydroxyl groups is 1. The van der Waals surface area contributed by atoms with Crippen LogP contribution in [0.15, 0.2) is 24.3 Å². The first kappa shape index (κ1) is 13.6. The summed E-state index contributed by atoms with van der Waals surface area (Å²) in [4.78, 5) is 16.7. The molecule has 2 aliphatic heterocycles. The Morgan fingerprint density at radius 1 is 1.40 bits per heavy atom. The lowest BCUT2D eigenvalue weighted by atomic mass is 10.1. The molecule has 2 aliphatic rings. The van der Waals surface area contributed by atoms with Crippen molar-refractivity contribution in [3.05, 3.63) is 29.8 Å². The molecule has 20 heavy (non-hydrogen) atoms. The SMILES string of the molecule is CC1Cc2ccccc2N1C(=O)CN1CCCC1CO. The van der Waals surface area contributed by atoms with E-state index in [-0.39, 0.29) is 24.6 Å². The first-order valence-corrected chi connectivity index (χ1v) is 7.45. The van der Waals surface area contributed by atoms with Crippen molar-refractivity contribution in [2.75, 3.05) is 24.6 Å². The van der Waals surface area contributed by atoms with Crippen molar-refractivity contribution in [3.8, 4) is 0 Å². The summed E-state index contributed by atoms with van der Waals surface area (Å²) in [5, 5.41) is 9.36. The molecule has 2 heterocycles. The van der Waals surface area contributed by atoms with Gasteiger partial charge in [0.25, 0.3) is 0 Å². The number of amides is 1. The van der Waals surface area contributed by atoms with Crippen LogP contribution < -0.4 is 4.90 Å². The number of para-hydroxylation sites is 1. The normalized spacial score (nSPS) is 26.0. The smallest absolute Gasteiger partial charge is 0.241 e. The van der Waals surface area contributed by atoms with Gasteiger partial charge in [0.05, 0.1) is 13.2 Å². The molecule has 1 N–H and O–H groups in total. The highest BCUT2D eigenvalue weighted by molar-refractivity contribution is 5.97. The maximum Gasteiger partial charge on any atom is 0.241 e. The number of hydrogen-bond donors (Lipinski definition) is 1. The maximum atomic E-state index is 12.6. The molecule has 2 atom stereocenters. The molecule has 0 radical (unpaired) electrons. The summed E-state index contributed by atoms with van der Waals surface area (Å²) in [6.07, 6.45) is 3.01. The van der Waals surface area contributed by atoms with Crippen LogP contribution in [0.2, 0.25) is 0 Å². The van der Waals surface area contributed by atoms with E-state index in [1.54, 1.807) is 0 Å². The van der Waals surface area contributed by atoms with Crippen LogP contribution in [0, 0.1) is 0 Å². The number of benzene rings is 1. The molecule has 2 unspecified atom stereocenters. The molecule has 1 fully saturated rings. The van der Waals surface area contributed by atoms with Crippen LogP contribution in [0.1, 0.15) is 25.3 Å². The van der Waals surface area contributed by atoms with Gasteiger partial charge in [-0.25, -0.2) is 0 Å². The number of carbonyl (C=O) groups is 1. The monoisotopic (exact) mass is 274 g/mol. The third-order valence-corrected chi connectivity index (χ3v) is 4.52. The fourth-order valence-corrected chi connectivity index (χ4v) is 3.51. The molecular weight excluding hydrogens is 252 g/mol. The van der Waals surface area contributed by atoms with Crippen LogP contribution in [-0.4, -0.2) is 47.7 Å². The predicted molar refractivity (Wildman–Crippen MR) is 78.8 cm³/mol. The lowest BCUT2D eigenvalue weighted by molar-refractivity contribution is -0.120. The summed E-state index contributed by atoms with van der Waals surface area (Å²) in [6, 6.07) is 8.54. The lowest BCUT2D eigenvalue weighted by Crippen LogP contribution is -2.45. The Morgan fingerprint density at radius 2 is 2.20 bits per heavy atom. The third-order valence-electron chi connectivity index (χ3n) is 4.52. The van der Waals surface area contributed by atoms with E-state index in [1.165, 1.54) is 5.56 Å². The van der Waals surface area contributed by atoms with Gasteiger partial charge in [0.15, 0.2) is 0 Å². The largest absolute Gasteiger partial charge is 0.395 e. The highest BCUT2D eigenvalue weighted by Crippen LogP contribution is 2.32. The minimum atomic E-state index is 0.152. The molecule has 0 aromatic heterocycles. The van der Waals surface area contributed by atoms with Gasteiger partial charge in [-0.2, -0.15) is 0 Å². The number of nitrogens with zero attached hydrogens (tertiary/aromatic N) is 2. The second-order valence-electron chi connectivity index (χ2n) is 5.89. The molecule has 0 spiro atoms. The molecule has 4 heteroatoms. The Bertz CT molecular complexity index is 503. The van der Waals surface area contributed by atoms with E-state index in [0.717, 1.165) is 31.5 Å². The summed E-state index contributed by atoms with van der Waals surface area (Å²) in [6.45, 7) is 3.59. The van der Waals surface area contributed by atoms with Crippen LogP contribution in [0.25, 0.3) is 0 Å². The highest BCUT2D eigenvalue weighted by Gasteiger charge is 2.33. The van der Waals surface area contributed by atoms with Crippen LogP contribution in [0.3, 0.4) is 0 Å². The Hall–Kier alpha value is -1.39. The molecule has 1 saturated heterocycles. The number of fused-ring (bicyclic) bond motifs is 1. The zero-order chi connectivity index (χ0) is 14.1. The predicted octanol–water partition coefficient (Wildman–Crippen LogP) is 1.42. The van der Waals surface area contributed by atoms with Crippen molar-refractivity contribution < 1.29 is 9.90 Å². The second kappa shape index (κ2) is 5.54. The number of rotatable bonds is 3. The molecule has 1 amide bonds. The third kappa shape index (κ3) is 2.34. The Labute approximate surface area is 120 Å². The molecule has 0 bridgehead atoms.